The van der Waals surface area contributed by atoms with Crippen LogP contribution in [0.25, 0.3) is 0 Å². The SMILES string of the molecule is CCCC(C)(N)C(=O)N1CCN(CC(C)O)C(C)C1.Cl. The number of β-amino-alcohol motifs (C(OH)–C–C–N with tert-alkyl or cyclic N) is 1. The van der Waals surface area contributed by atoms with Gasteiger partial charge in [-0.25, -0.2) is 0 Å². The molecule has 0 saturated carbocycles. The highest BCUT2D eigenvalue weighted by Gasteiger charge is 2.35. The van der Waals surface area contributed by atoms with E-state index in [2.05, 4.69) is 11.8 Å². The van der Waals surface area contributed by atoms with E-state index in [1.807, 2.05) is 18.7 Å². The van der Waals surface area contributed by atoms with E-state index in [9.17, 15) is 9.90 Å². The number of rotatable bonds is 5. The number of hydrogen-bond acceptors (Lipinski definition) is 4. The lowest BCUT2D eigenvalue weighted by atomic mass is 9.95. The van der Waals surface area contributed by atoms with Crippen LogP contribution in [0, 0.1) is 0 Å². The molecule has 20 heavy (non-hydrogen) atoms. The molecule has 1 rings (SSSR count). The average molecular weight is 308 g/mol. The molecule has 0 aliphatic carbocycles. The quantitative estimate of drug-likeness (QED) is 0.790. The first-order valence-corrected chi connectivity index (χ1v) is 7.28. The van der Waals surface area contributed by atoms with Gasteiger partial charge in [-0.3, -0.25) is 9.69 Å². The zero-order valence-electron chi connectivity index (χ0n) is 13.1. The van der Waals surface area contributed by atoms with Crippen LogP contribution in [0.15, 0.2) is 0 Å². The maximum absolute atomic E-state index is 12.4. The van der Waals surface area contributed by atoms with Gasteiger partial charge >= 0.3 is 0 Å². The monoisotopic (exact) mass is 307 g/mol. The minimum Gasteiger partial charge on any atom is -0.392 e. The molecule has 0 spiro atoms. The molecule has 5 nitrogen and oxygen atoms in total. The number of aliphatic hydroxyl groups is 1. The van der Waals surface area contributed by atoms with Crippen LogP contribution >= 0.6 is 12.4 Å². The van der Waals surface area contributed by atoms with Gasteiger partial charge in [0.1, 0.15) is 0 Å². The lowest BCUT2D eigenvalue weighted by Crippen LogP contribution is -2.61. The minimum atomic E-state index is -0.749. The van der Waals surface area contributed by atoms with Gasteiger partial charge in [0, 0.05) is 32.2 Å². The van der Waals surface area contributed by atoms with Crippen LogP contribution in [-0.4, -0.2) is 64.7 Å². The standard InChI is InChI=1S/C14H29N3O2.ClH/c1-5-6-14(4,15)13(19)17-8-7-16(10-12(3)18)11(2)9-17;/h11-12,18H,5-10,15H2,1-4H3;1H. The van der Waals surface area contributed by atoms with Crippen LogP contribution in [-0.2, 0) is 4.79 Å². The molecule has 120 valence electrons. The Morgan fingerprint density at radius 2 is 2.10 bits per heavy atom. The van der Waals surface area contributed by atoms with Gasteiger partial charge in [-0.1, -0.05) is 13.3 Å². The highest BCUT2D eigenvalue weighted by Crippen LogP contribution is 2.17. The molecule has 0 aromatic rings. The zero-order chi connectivity index (χ0) is 14.6. The smallest absolute Gasteiger partial charge is 0.242 e. The van der Waals surface area contributed by atoms with E-state index >= 15 is 0 Å². The number of hydrogen-bond donors (Lipinski definition) is 2. The largest absolute Gasteiger partial charge is 0.392 e. The van der Waals surface area contributed by atoms with Gasteiger partial charge in [0.05, 0.1) is 11.6 Å². The van der Waals surface area contributed by atoms with Crippen molar-refractivity contribution in [2.24, 2.45) is 5.73 Å². The molecule has 1 saturated heterocycles. The molecule has 3 unspecified atom stereocenters. The average Bonchev–Trinajstić information content (AvgIpc) is 2.30. The highest BCUT2D eigenvalue weighted by atomic mass is 35.5. The highest BCUT2D eigenvalue weighted by molar-refractivity contribution is 5.86. The fourth-order valence-electron chi connectivity index (χ4n) is 2.78. The summed E-state index contributed by atoms with van der Waals surface area (Å²) in [5.41, 5.74) is 5.37. The van der Waals surface area contributed by atoms with Crippen molar-refractivity contribution in [2.45, 2.75) is 58.2 Å². The van der Waals surface area contributed by atoms with Crippen LogP contribution in [0.1, 0.15) is 40.5 Å². The number of piperazine rings is 1. The summed E-state index contributed by atoms with van der Waals surface area (Å²) >= 11 is 0. The molecule has 1 amide bonds. The van der Waals surface area contributed by atoms with E-state index in [0.29, 0.717) is 26.1 Å². The van der Waals surface area contributed by atoms with Crippen molar-refractivity contribution < 1.29 is 9.90 Å². The second kappa shape index (κ2) is 8.17. The number of halogens is 1. The Morgan fingerprint density at radius 3 is 2.55 bits per heavy atom. The summed E-state index contributed by atoms with van der Waals surface area (Å²) in [4.78, 5) is 16.5. The van der Waals surface area contributed by atoms with Gasteiger partial charge in [-0.2, -0.15) is 0 Å². The first kappa shape index (κ1) is 19.6. The van der Waals surface area contributed by atoms with E-state index < -0.39 is 5.54 Å². The number of nitrogens with two attached hydrogens (primary N) is 1. The maximum atomic E-state index is 12.4. The molecule has 0 aromatic heterocycles. The van der Waals surface area contributed by atoms with Gasteiger partial charge in [0.15, 0.2) is 0 Å². The predicted octanol–water partition coefficient (Wildman–Crippen LogP) is 0.839. The normalized spacial score (nSPS) is 24.7. The van der Waals surface area contributed by atoms with Gasteiger partial charge in [-0.05, 0) is 27.2 Å². The molecule has 1 aliphatic rings. The van der Waals surface area contributed by atoms with E-state index in [1.165, 1.54) is 0 Å². The van der Waals surface area contributed by atoms with Gasteiger partial charge in [0.25, 0.3) is 0 Å². The maximum Gasteiger partial charge on any atom is 0.242 e. The van der Waals surface area contributed by atoms with E-state index in [4.69, 9.17) is 5.73 Å². The molecule has 0 bridgehead atoms. The number of carbonyl (C=O) groups is 1. The van der Waals surface area contributed by atoms with Crippen molar-refractivity contribution in [3.05, 3.63) is 0 Å². The third-order valence-corrected chi connectivity index (χ3v) is 3.81. The summed E-state index contributed by atoms with van der Waals surface area (Å²) in [6.07, 6.45) is 1.30. The van der Waals surface area contributed by atoms with Crippen molar-refractivity contribution in [1.29, 1.82) is 0 Å². The third kappa shape index (κ3) is 5.20. The Balaban J connectivity index is 0.00000361. The van der Waals surface area contributed by atoms with E-state index in [-0.39, 0.29) is 30.5 Å². The van der Waals surface area contributed by atoms with Crippen LogP contribution in [0.4, 0.5) is 0 Å². The summed E-state index contributed by atoms with van der Waals surface area (Å²) in [6.45, 7) is 10.6. The molecule has 1 aliphatic heterocycles. The molecule has 3 N–H and O–H groups in total. The van der Waals surface area contributed by atoms with Crippen molar-refractivity contribution in [2.75, 3.05) is 26.2 Å². The first-order chi connectivity index (χ1) is 8.77. The summed E-state index contributed by atoms with van der Waals surface area (Å²) in [5, 5.41) is 9.45. The summed E-state index contributed by atoms with van der Waals surface area (Å²) < 4.78 is 0. The Bertz CT molecular complexity index is 311. The van der Waals surface area contributed by atoms with E-state index in [1.54, 1.807) is 6.92 Å². The summed E-state index contributed by atoms with van der Waals surface area (Å²) in [5.74, 6) is 0.0536. The molecular formula is C14H30ClN3O2. The van der Waals surface area contributed by atoms with Crippen LogP contribution in [0.2, 0.25) is 0 Å². The first-order valence-electron chi connectivity index (χ1n) is 7.28. The van der Waals surface area contributed by atoms with Crippen molar-refractivity contribution in [3.63, 3.8) is 0 Å². The van der Waals surface area contributed by atoms with Crippen molar-refractivity contribution in [1.82, 2.24) is 9.80 Å². The Morgan fingerprint density at radius 1 is 1.50 bits per heavy atom. The van der Waals surface area contributed by atoms with Crippen LogP contribution in [0.3, 0.4) is 0 Å². The molecule has 0 aromatic carbocycles. The molecule has 0 radical (unpaired) electrons. The summed E-state index contributed by atoms with van der Waals surface area (Å²) in [7, 11) is 0. The van der Waals surface area contributed by atoms with Crippen molar-refractivity contribution >= 4 is 18.3 Å². The van der Waals surface area contributed by atoms with Crippen LogP contribution < -0.4 is 5.73 Å². The molecule has 6 heteroatoms. The second-order valence-corrected chi connectivity index (χ2v) is 6.11. The topological polar surface area (TPSA) is 69.8 Å². The molecule has 3 atom stereocenters. The molecule has 1 heterocycles. The van der Waals surface area contributed by atoms with E-state index in [0.717, 1.165) is 13.0 Å². The Labute approximate surface area is 128 Å². The van der Waals surface area contributed by atoms with Gasteiger partial charge < -0.3 is 15.7 Å². The third-order valence-electron chi connectivity index (χ3n) is 3.81. The second-order valence-electron chi connectivity index (χ2n) is 6.11. The van der Waals surface area contributed by atoms with Gasteiger partial charge in [-0.15, -0.1) is 12.4 Å². The number of aliphatic hydroxyl groups excluding tert-OH is 1. The minimum absolute atomic E-state index is 0. The van der Waals surface area contributed by atoms with Crippen LogP contribution in [0.5, 0.6) is 0 Å². The summed E-state index contributed by atoms with van der Waals surface area (Å²) in [6, 6.07) is 0.268. The van der Waals surface area contributed by atoms with Gasteiger partial charge in [0.2, 0.25) is 5.91 Å². The number of carbonyl (C=O) groups excluding carboxylic acids is 1. The Hall–Kier alpha value is -0.360. The predicted molar refractivity (Wildman–Crippen MR) is 84.0 cm³/mol. The Kier molecular flexibility index (Phi) is 8.03. The number of nitrogens with zero attached hydrogens (tertiary/aromatic N) is 2. The zero-order valence-corrected chi connectivity index (χ0v) is 13.9. The lowest BCUT2D eigenvalue weighted by molar-refractivity contribution is -0.139. The number of amides is 1. The molecular weight excluding hydrogens is 278 g/mol. The molecule has 1 fully saturated rings. The fourth-order valence-corrected chi connectivity index (χ4v) is 2.78. The lowest BCUT2D eigenvalue weighted by Gasteiger charge is -2.42. The fraction of sp³-hybridized carbons (Fsp3) is 0.929. The van der Waals surface area contributed by atoms with Crippen molar-refractivity contribution in [3.8, 4) is 0 Å².